The van der Waals surface area contributed by atoms with Crippen LogP contribution in [0.4, 0.5) is 0 Å². The molecule has 0 aromatic heterocycles. The monoisotopic (exact) mass is 720 g/mol. The van der Waals surface area contributed by atoms with Gasteiger partial charge in [-0.15, -0.1) is 0 Å². The maximum atomic E-state index is 12.0. The van der Waals surface area contributed by atoms with Crippen molar-refractivity contribution in [3.63, 3.8) is 0 Å². The number of likely N-dealkylation sites (tertiary alicyclic amines) is 1. The Hall–Kier alpha value is -1.70. The summed E-state index contributed by atoms with van der Waals surface area (Å²) in [4.78, 5) is 26.4. The van der Waals surface area contributed by atoms with Crippen LogP contribution < -0.4 is 0 Å². The van der Waals surface area contributed by atoms with E-state index in [1.165, 1.54) is 103 Å². The molecule has 7 heteroatoms. The molecular weight excluding hydrogens is 638 g/mol. The van der Waals surface area contributed by atoms with Gasteiger partial charge in [0.2, 0.25) is 0 Å². The third-order valence-electron chi connectivity index (χ3n) is 9.85. The highest BCUT2D eigenvalue weighted by Crippen LogP contribution is 2.19. The third kappa shape index (κ3) is 32.7. The number of nitrogens with zero attached hydrogens (tertiary/aromatic N) is 1. The molecule has 1 rings (SSSR count). The van der Waals surface area contributed by atoms with Crippen LogP contribution in [-0.4, -0.2) is 62.3 Å². The Morgan fingerprint density at radius 2 is 1.00 bits per heavy atom. The summed E-state index contributed by atoms with van der Waals surface area (Å²) in [5, 5.41) is 0. The second kappa shape index (κ2) is 36.6. The van der Waals surface area contributed by atoms with Gasteiger partial charge in [0, 0.05) is 25.9 Å². The SMILES string of the molecule is CCCCCC/C=C\COC(=O)CCCCCCCCCC(CCCCCCCC(=O)OC/C=C\CCCCCC)OC(C)OCN1CCCC1. The minimum absolute atomic E-state index is 0.0674. The second-order valence-electron chi connectivity index (χ2n) is 14.8. The zero-order valence-corrected chi connectivity index (χ0v) is 33.7. The molecule has 2 unspecified atom stereocenters. The lowest BCUT2D eigenvalue weighted by Crippen LogP contribution is -2.29. The molecule has 0 aromatic carbocycles. The fraction of sp³-hybridized carbons (Fsp3) is 0.864. The van der Waals surface area contributed by atoms with Gasteiger partial charge >= 0.3 is 11.9 Å². The number of ether oxygens (including phenoxy) is 4. The van der Waals surface area contributed by atoms with Crippen molar-refractivity contribution in [2.75, 3.05) is 33.0 Å². The van der Waals surface area contributed by atoms with Crippen molar-refractivity contribution < 1.29 is 28.5 Å². The minimum atomic E-state index is -0.184. The van der Waals surface area contributed by atoms with Crippen LogP contribution in [0.25, 0.3) is 0 Å². The number of hydrogen-bond acceptors (Lipinski definition) is 7. The quantitative estimate of drug-likeness (QED) is 0.0274. The van der Waals surface area contributed by atoms with Gasteiger partial charge in [-0.2, -0.15) is 0 Å². The largest absolute Gasteiger partial charge is 0.461 e. The first-order valence-corrected chi connectivity index (χ1v) is 21.7. The molecule has 0 amide bonds. The van der Waals surface area contributed by atoms with Crippen LogP contribution in [0, 0.1) is 0 Å². The summed E-state index contributed by atoms with van der Waals surface area (Å²) in [6, 6.07) is 0. The maximum absolute atomic E-state index is 12.0. The van der Waals surface area contributed by atoms with Crippen molar-refractivity contribution in [3.05, 3.63) is 24.3 Å². The van der Waals surface area contributed by atoms with Gasteiger partial charge in [0.15, 0.2) is 6.29 Å². The number of unbranched alkanes of at least 4 members (excludes halogenated alkanes) is 18. The van der Waals surface area contributed by atoms with Crippen molar-refractivity contribution in [3.8, 4) is 0 Å². The van der Waals surface area contributed by atoms with E-state index in [2.05, 4.69) is 30.9 Å². The van der Waals surface area contributed by atoms with Crippen LogP contribution in [0.15, 0.2) is 24.3 Å². The van der Waals surface area contributed by atoms with Crippen LogP contribution in [-0.2, 0) is 28.5 Å². The maximum Gasteiger partial charge on any atom is 0.306 e. The van der Waals surface area contributed by atoms with Crippen molar-refractivity contribution in [1.82, 2.24) is 4.90 Å². The average Bonchev–Trinajstić information content (AvgIpc) is 3.65. The number of carbonyl (C=O) groups excluding carboxylic acids is 2. The number of hydrogen-bond donors (Lipinski definition) is 0. The van der Waals surface area contributed by atoms with E-state index in [4.69, 9.17) is 18.9 Å². The molecule has 1 aliphatic rings. The Balaban J connectivity index is 2.15. The molecule has 1 saturated heterocycles. The number of carbonyl (C=O) groups is 2. The first kappa shape index (κ1) is 47.3. The van der Waals surface area contributed by atoms with Crippen LogP contribution in [0.1, 0.15) is 201 Å². The summed E-state index contributed by atoms with van der Waals surface area (Å²) >= 11 is 0. The van der Waals surface area contributed by atoms with Crippen LogP contribution in [0.2, 0.25) is 0 Å². The molecular formula is C44H81NO6. The molecule has 2 atom stereocenters. The summed E-state index contributed by atoms with van der Waals surface area (Å²) in [5.74, 6) is -0.142. The van der Waals surface area contributed by atoms with E-state index < -0.39 is 0 Å². The highest BCUT2D eigenvalue weighted by Gasteiger charge is 2.17. The predicted octanol–water partition coefficient (Wildman–Crippen LogP) is 12.2. The molecule has 51 heavy (non-hydrogen) atoms. The molecule has 1 fully saturated rings. The highest BCUT2D eigenvalue weighted by molar-refractivity contribution is 5.69. The van der Waals surface area contributed by atoms with Gasteiger partial charge in [-0.3, -0.25) is 14.5 Å². The average molecular weight is 720 g/mol. The Morgan fingerprint density at radius 1 is 0.569 bits per heavy atom. The highest BCUT2D eigenvalue weighted by atomic mass is 16.7. The van der Waals surface area contributed by atoms with Crippen molar-refractivity contribution in [2.45, 2.75) is 213 Å². The minimum Gasteiger partial charge on any atom is -0.461 e. The molecule has 7 nitrogen and oxygen atoms in total. The zero-order chi connectivity index (χ0) is 36.9. The Labute approximate surface area is 315 Å². The number of allylic oxidation sites excluding steroid dienone is 2. The lowest BCUT2D eigenvalue weighted by molar-refractivity contribution is -0.181. The van der Waals surface area contributed by atoms with Gasteiger partial charge in [-0.05, 0) is 71.1 Å². The first-order valence-electron chi connectivity index (χ1n) is 21.7. The first-order chi connectivity index (χ1) is 25.0. The molecule has 298 valence electrons. The molecule has 0 bridgehead atoms. The van der Waals surface area contributed by atoms with Crippen molar-refractivity contribution >= 4 is 11.9 Å². The third-order valence-corrected chi connectivity index (χ3v) is 9.85. The second-order valence-corrected chi connectivity index (χ2v) is 14.8. The van der Waals surface area contributed by atoms with Crippen LogP contribution in [0.3, 0.4) is 0 Å². The fourth-order valence-corrected chi connectivity index (χ4v) is 6.59. The van der Waals surface area contributed by atoms with E-state index in [1.54, 1.807) is 0 Å². The standard InChI is InChI=1S/C44H81NO6/c1-4-6-8-10-15-22-30-38-48-43(46)34-26-20-14-12-13-18-24-32-42(51-41(3)50-40-45-36-28-29-37-45)33-25-19-17-21-27-35-44(47)49-39-31-23-16-11-9-7-5-2/h22-23,30-31,41-42H,4-21,24-29,32-40H2,1-3H3/b30-22-,31-23-. The van der Waals surface area contributed by atoms with Crippen molar-refractivity contribution in [2.24, 2.45) is 0 Å². The van der Waals surface area contributed by atoms with E-state index in [0.717, 1.165) is 77.3 Å². The van der Waals surface area contributed by atoms with Gasteiger partial charge in [0.05, 0.1) is 6.10 Å². The fourth-order valence-electron chi connectivity index (χ4n) is 6.59. The van der Waals surface area contributed by atoms with Gasteiger partial charge in [-0.25, -0.2) is 0 Å². The van der Waals surface area contributed by atoms with Gasteiger partial charge in [-0.1, -0.05) is 141 Å². The molecule has 0 radical (unpaired) electrons. The summed E-state index contributed by atoms with van der Waals surface area (Å²) in [5.41, 5.74) is 0. The van der Waals surface area contributed by atoms with E-state index >= 15 is 0 Å². The molecule has 0 aliphatic carbocycles. The van der Waals surface area contributed by atoms with E-state index in [-0.39, 0.29) is 24.3 Å². The molecule has 0 aromatic rings. The number of esters is 2. The Morgan fingerprint density at radius 3 is 1.47 bits per heavy atom. The predicted molar refractivity (Wildman–Crippen MR) is 213 cm³/mol. The summed E-state index contributed by atoms with van der Waals surface area (Å²) in [6.07, 6.45) is 39.8. The van der Waals surface area contributed by atoms with Gasteiger partial charge in [0.1, 0.15) is 19.9 Å². The Bertz CT molecular complexity index is 839. The van der Waals surface area contributed by atoms with E-state index in [0.29, 0.717) is 32.8 Å². The van der Waals surface area contributed by atoms with Crippen molar-refractivity contribution in [1.29, 1.82) is 0 Å². The topological polar surface area (TPSA) is 74.3 Å². The van der Waals surface area contributed by atoms with Crippen LogP contribution in [0.5, 0.6) is 0 Å². The molecule has 1 aliphatic heterocycles. The molecule has 0 N–H and O–H groups in total. The summed E-state index contributed by atoms with van der Waals surface area (Å²) < 4.78 is 23.2. The van der Waals surface area contributed by atoms with E-state index in [1.807, 2.05) is 19.1 Å². The normalized spacial score (nSPS) is 14.9. The Kier molecular flexibility index (Phi) is 34.0. The van der Waals surface area contributed by atoms with Crippen LogP contribution >= 0.6 is 0 Å². The van der Waals surface area contributed by atoms with E-state index in [9.17, 15) is 9.59 Å². The lowest BCUT2D eigenvalue weighted by Gasteiger charge is -2.25. The number of rotatable bonds is 37. The van der Waals surface area contributed by atoms with Gasteiger partial charge < -0.3 is 18.9 Å². The summed E-state index contributed by atoms with van der Waals surface area (Å²) in [6.45, 7) is 10.2. The lowest BCUT2D eigenvalue weighted by atomic mass is 10.0. The zero-order valence-electron chi connectivity index (χ0n) is 33.7. The van der Waals surface area contributed by atoms with Gasteiger partial charge in [0.25, 0.3) is 0 Å². The molecule has 0 saturated carbocycles. The smallest absolute Gasteiger partial charge is 0.306 e. The molecule has 1 heterocycles. The molecule has 0 spiro atoms. The summed E-state index contributed by atoms with van der Waals surface area (Å²) in [7, 11) is 0.